The van der Waals surface area contributed by atoms with Gasteiger partial charge in [0, 0.05) is 0 Å². The summed E-state index contributed by atoms with van der Waals surface area (Å²) in [5.74, 6) is 0. The maximum Gasteiger partial charge on any atom is 0.518 e. The Morgan fingerprint density at radius 1 is 0.759 bits per heavy atom. The van der Waals surface area contributed by atoms with E-state index in [0.717, 1.165) is 12.8 Å². The molecule has 0 amide bonds. The Bertz CT molecular complexity index is 441. The predicted octanol–water partition coefficient (Wildman–Crippen LogP) is 7.56. The van der Waals surface area contributed by atoms with Crippen LogP contribution in [0.4, 0.5) is 0 Å². The first kappa shape index (κ1) is 28.8. The van der Waals surface area contributed by atoms with Crippen molar-refractivity contribution in [2.45, 2.75) is 110 Å². The fourth-order valence-corrected chi connectivity index (χ4v) is 4.44. The molecule has 0 aliphatic rings. The van der Waals surface area contributed by atoms with Gasteiger partial charge in [-0.25, -0.2) is 4.57 Å². The fraction of sp³-hybridized carbons (Fsp3) is 0.913. The maximum atomic E-state index is 11.7. The third-order valence-corrected chi connectivity index (χ3v) is 6.31. The Labute approximate surface area is 181 Å². The Balaban J connectivity index is 3.44. The molecule has 0 radical (unpaired) electrons. The van der Waals surface area contributed by atoms with Crippen LogP contribution in [0, 0.1) is 0 Å². The van der Waals surface area contributed by atoms with Gasteiger partial charge in [-0.3, -0.25) is 9.42 Å². The maximum absolute atomic E-state index is 11.7. The lowest BCUT2D eigenvalue weighted by Crippen LogP contribution is -2.39. The van der Waals surface area contributed by atoms with Crippen molar-refractivity contribution >= 4 is 7.82 Å². The Morgan fingerprint density at radius 2 is 1.21 bits per heavy atom. The van der Waals surface area contributed by atoms with Crippen LogP contribution in [0.25, 0.3) is 0 Å². The van der Waals surface area contributed by atoms with Gasteiger partial charge in [0.15, 0.2) is 0 Å². The zero-order valence-corrected chi connectivity index (χ0v) is 20.6. The third-order valence-electron chi connectivity index (χ3n) is 5.07. The molecule has 5 nitrogen and oxygen atoms in total. The second-order valence-electron chi connectivity index (χ2n) is 8.56. The summed E-state index contributed by atoms with van der Waals surface area (Å²) in [6.07, 6.45) is 24.0. The fourth-order valence-electron chi connectivity index (χ4n) is 3.42. The summed E-state index contributed by atoms with van der Waals surface area (Å²) >= 11 is 0. The Kier molecular flexibility index (Phi) is 18.4. The van der Waals surface area contributed by atoms with Crippen molar-refractivity contribution in [1.82, 2.24) is 0 Å². The number of unbranched alkanes of at least 4 members (excludes halogenated alkanes) is 13. The summed E-state index contributed by atoms with van der Waals surface area (Å²) in [5, 5.41) is 0. The van der Waals surface area contributed by atoms with Gasteiger partial charge in [0.1, 0.15) is 6.54 Å². The molecule has 0 fully saturated rings. The number of hydrogen-bond donors (Lipinski definition) is 1. The minimum absolute atomic E-state index is 0.0544. The van der Waals surface area contributed by atoms with Crippen LogP contribution in [0.5, 0.6) is 0 Å². The number of nitrogens with zero attached hydrogens (tertiary/aromatic N) is 1. The zero-order chi connectivity index (χ0) is 21.8. The Morgan fingerprint density at radius 3 is 1.69 bits per heavy atom. The number of rotatable bonds is 21. The molecule has 174 valence electrons. The molecule has 1 atom stereocenters. The predicted molar refractivity (Wildman–Crippen MR) is 124 cm³/mol. The monoisotopic (exact) mass is 434 g/mol. The van der Waals surface area contributed by atoms with Gasteiger partial charge in [-0.1, -0.05) is 81.5 Å². The quantitative estimate of drug-likeness (QED) is 0.0666. The van der Waals surface area contributed by atoms with E-state index in [1.54, 1.807) is 21.0 Å². The number of hydroxylamine groups is 3. The first-order chi connectivity index (χ1) is 13.8. The van der Waals surface area contributed by atoms with Crippen molar-refractivity contribution in [3.8, 4) is 0 Å². The van der Waals surface area contributed by atoms with Crippen LogP contribution in [-0.4, -0.2) is 36.8 Å². The van der Waals surface area contributed by atoms with E-state index in [-0.39, 0.29) is 11.3 Å². The average Bonchev–Trinajstić information content (AvgIpc) is 2.63. The van der Waals surface area contributed by atoms with Crippen LogP contribution in [-0.2, 0) is 13.7 Å². The van der Waals surface area contributed by atoms with Gasteiger partial charge in [0.2, 0.25) is 0 Å². The SMILES string of the molecule is CCCCCCCC/C=C/CCCCCCCCC[N+](C)(C)OP(=O)(O)OCC. The molecule has 1 N–H and O–H groups in total. The van der Waals surface area contributed by atoms with E-state index in [1.165, 1.54) is 83.5 Å². The molecular formula is C23H49NO4P+. The van der Waals surface area contributed by atoms with Crippen LogP contribution in [0.15, 0.2) is 12.2 Å². The average molecular weight is 435 g/mol. The van der Waals surface area contributed by atoms with Crippen molar-refractivity contribution in [2.75, 3.05) is 27.2 Å². The second-order valence-corrected chi connectivity index (χ2v) is 9.92. The second kappa shape index (κ2) is 18.6. The molecule has 0 aromatic carbocycles. The molecule has 0 aromatic rings. The first-order valence-electron chi connectivity index (χ1n) is 12.0. The van der Waals surface area contributed by atoms with Crippen LogP contribution >= 0.6 is 7.82 Å². The van der Waals surface area contributed by atoms with E-state index in [1.807, 2.05) is 0 Å². The summed E-state index contributed by atoms with van der Waals surface area (Å²) in [6.45, 7) is 4.83. The number of quaternary nitrogens is 1. The van der Waals surface area contributed by atoms with Crippen molar-refractivity contribution in [1.29, 1.82) is 0 Å². The topological polar surface area (TPSA) is 55.8 Å². The van der Waals surface area contributed by atoms with Crippen molar-refractivity contribution in [3.63, 3.8) is 0 Å². The van der Waals surface area contributed by atoms with Crippen LogP contribution < -0.4 is 0 Å². The van der Waals surface area contributed by atoms with Crippen LogP contribution in [0.2, 0.25) is 0 Å². The third kappa shape index (κ3) is 20.8. The van der Waals surface area contributed by atoms with Crippen molar-refractivity contribution < 1.29 is 23.3 Å². The van der Waals surface area contributed by atoms with Gasteiger partial charge >= 0.3 is 7.82 Å². The van der Waals surface area contributed by atoms with Crippen LogP contribution in [0.1, 0.15) is 110 Å². The van der Waals surface area contributed by atoms with Gasteiger partial charge in [-0.2, -0.15) is 4.65 Å². The smallest absolute Gasteiger partial charge is 0.300 e. The van der Waals surface area contributed by atoms with Gasteiger partial charge in [0.05, 0.1) is 20.7 Å². The zero-order valence-electron chi connectivity index (χ0n) is 19.7. The summed E-state index contributed by atoms with van der Waals surface area (Å²) in [6, 6.07) is 0. The van der Waals surface area contributed by atoms with Gasteiger partial charge in [-0.05, 0) is 45.4 Å². The molecule has 0 aliphatic heterocycles. The molecule has 6 heteroatoms. The highest BCUT2D eigenvalue weighted by atomic mass is 31.2. The summed E-state index contributed by atoms with van der Waals surface area (Å²) in [4.78, 5) is 9.58. The summed E-state index contributed by atoms with van der Waals surface area (Å²) in [5.41, 5.74) is 0. The van der Waals surface area contributed by atoms with E-state index in [2.05, 4.69) is 19.1 Å². The van der Waals surface area contributed by atoms with E-state index < -0.39 is 7.82 Å². The van der Waals surface area contributed by atoms with Gasteiger partial charge < -0.3 is 0 Å². The molecule has 1 unspecified atom stereocenters. The molecule has 0 aliphatic carbocycles. The van der Waals surface area contributed by atoms with Gasteiger partial charge in [0.25, 0.3) is 0 Å². The van der Waals surface area contributed by atoms with E-state index in [0.29, 0.717) is 6.54 Å². The lowest BCUT2D eigenvalue weighted by Gasteiger charge is -2.27. The molecule has 0 heterocycles. The minimum atomic E-state index is -3.94. The largest absolute Gasteiger partial charge is 0.518 e. The number of phosphoric ester groups is 1. The highest BCUT2D eigenvalue weighted by Crippen LogP contribution is 2.45. The molecule has 0 bridgehead atoms. The first-order valence-corrected chi connectivity index (χ1v) is 13.5. The lowest BCUT2D eigenvalue weighted by molar-refractivity contribution is -1.05. The number of hydrogen-bond acceptors (Lipinski definition) is 3. The van der Waals surface area contributed by atoms with E-state index in [9.17, 15) is 9.46 Å². The van der Waals surface area contributed by atoms with Crippen molar-refractivity contribution in [2.24, 2.45) is 0 Å². The normalized spacial score (nSPS) is 14.5. The molecular weight excluding hydrogens is 385 g/mol. The summed E-state index contributed by atoms with van der Waals surface area (Å²) < 4.78 is 21.7. The lowest BCUT2D eigenvalue weighted by atomic mass is 10.1. The minimum Gasteiger partial charge on any atom is -0.300 e. The standard InChI is InChI=1S/C23H48NO4P/c1-5-7-8-9-10-11-12-13-14-15-16-17-18-19-20-21-22-23-24(3,4)28-29(25,26)27-6-2/h13-14H,5-12,15-23H2,1-4H3/p+1/b14-13+. The molecule has 0 rings (SSSR count). The molecule has 29 heavy (non-hydrogen) atoms. The molecule has 0 saturated heterocycles. The van der Waals surface area contributed by atoms with Crippen molar-refractivity contribution in [3.05, 3.63) is 12.2 Å². The van der Waals surface area contributed by atoms with Crippen LogP contribution in [0.3, 0.4) is 0 Å². The highest BCUT2D eigenvalue weighted by molar-refractivity contribution is 7.47. The molecule has 0 aromatic heterocycles. The van der Waals surface area contributed by atoms with E-state index in [4.69, 9.17) is 9.15 Å². The Hall–Kier alpha value is -0.190. The summed E-state index contributed by atoms with van der Waals surface area (Å²) in [7, 11) is -0.353. The number of phosphoric acid groups is 1. The van der Waals surface area contributed by atoms with E-state index >= 15 is 0 Å². The highest BCUT2D eigenvalue weighted by Gasteiger charge is 2.32. The number of allylic oxidation sites excluding steroid dienone is 2. The molecule has 0 spiro atoms. The molecule has 0 saturated carbocycles. The van der Waals surface area contributed by atoms with Gasteiger partial charge in [-0.15, -0.1) is 0 Å².